The fraction of sp³-hybridized carbons (Fsp3) is 0.214. The van der Waals surface area contributed by atoms with Crippen molar-refractivity contribution in [3.63, 3.8) is 0 Å². The molecule has 1 N–H and O–H groups in total. The Labute approximate surface area is 98.7 Å². The Morgan fingerprint density at radius 3 is 2.59 bits per heavy atom. The van der Waals surface area contributed by atoms with E-state index in [-0.39, 0.29) is 5.82 Å². The van der Waals surface area contributed by atoms with Gasteiger partial charge < -0.3 is 5.11 Å². The van der Waals surface area contributed by atoms with Crippen molar-refractivity contribution in [1.82, 2.24) is 0 Å². The zero-order valence-electron chi connectivity index (χ0n) is 9.70. The fourth-order valence-electron chi connectivity index (χ4n) is 1.91. The highest BCUT2D eigenvalue weighted by Crippen LogP contribution is 2.30. The van der Waals surface area contributed by atoms with Gasteiger partial charge >= 0.3 is 5.97 Å². The number of halogens is 1. The molecule has 0 spiro atoms. The predicted octanol–water partition coefficient (Wildman–Crippen LogP) is 3.34. The van der Waals surface area contributed by atoms with Gasteiger partial charge in [0.05, 0.1) is 5.41 Å². The van der Waals surface area contributed by atoms with E-state index in [0.29, 0.717) is 5.56 Å². The van der Waals surface area contributed by atoms with Gasteiger partial charge in [0.15, 0.2) is 0 Å². The van der Waals surface area contributed by atoms with Crippen LogP contribution in [0, 0.1) is 5.82 Å². The van der Waals surface area contributed by atoms with E-state index in [0.717, 1.165) is 10.8 Å². The topological polar surface area (TPSA) is 37.3 Å². The average molecular weight is 232 g/mol. The maximum Gasteiger partial charge on any atom is 0.313 e. The summed E-state index contributed by atoms with van der Waals surface area (Å²) in [6, 6.07) is 9.70. The molecule has 0 unspecified atom stereocenters. The number of benzene rings is 2. The molecule has 17 heavy (non-hydrogen) atoms. The second-order valence-corrected chi connectivity index (χ2v) is 4.60. The summed E-state index contributed by atoms with van der Waals surface area (Å²) in [5.74, 6) is -1.21. The summed E-state index contributed by atoms with van der Waals surface area (Å²) in [4.78, 5) is 11.3. The smallest absolute Gasteiger partial charge is 0.313 e. The number of rotatable bonds is 2. The van der Waals surface area contributed by atoms with E-state index in [1.165, 1.54) is 12.1 Å². The van der Waals surface area contributed by atoms with Crippen molar-refractivity contribution in [1.29, 1.82) is 0 Å². The summed E-state index contributed by atoms with van der Waals surface area (Å²) in [7, 11) is 0. The SMILES string of the molecule is CC(C)(C(=O)O)c1cccc2cc(F)ccc12. The quantitative estimate of drug-likeness (QED) is 0.862. The number of carbonyl (C=O) groups is 1. The van der Waals surface area contributed by atoms with Crippen molar-refractivity contribution in [2.45, 2.75) is 19.3 Å². The van der Waals surface area contributed by atoms with E-state index in [1.54, 1.807) is 38.1 Å². The van der Waals surface area contributed by atoms with Gasteiger partial charge in [-0.1, -0.05) is 24.3 Å². The molecule has 3 heteroatoms. The van der Waals surface area contributed by atoms with E-state index >= 15 is 0 Å². The lowest BCUT2D eigenvalue weighted by Crippen LogP contribution is -2.28. The Morgan fingerprint density at radius 1 is 1.24 bits per heavy atom. The van der Waals surface area contributed by atoms with Gasteiger partial charge in [0.2, 0.25) is 0 Å². The van der Waals surface area contributed by atoms with Crippen LogP contribution >= 0.6 is 0 Å². The Balaban J connectivity index is 2.75. The van der Waals surface area contributed by atoms with Gasteiger partial charge in [0.1, 0.15) is 5.82 Å². The van der Waals surface area contributed by atoms with Crippen LogP contribution in [-0.4, -0.2) is 11.1 Å². The summed E-state index contributed by atoms with van der Waals surface area (Å²) in [6.07, 6.45) is 0. The molecule has 0 aliphatic heterocycles. The molecule has 2 rings (SSSR count). The molecule has 88 valence electrons. The lowest BCUT2D eigenvalue weighted by molar-refractivity contribution is -0.142. The normalized spacial score (nSPS) is 11.7. The van der Waals surface area contributed by atoms with Crippen LogP contribution in [-0.2, 0) is 10.2 Å². The lowest BCUT2D eigenvalue weighted by Gasteiger charge is -2.21. The number of carboxylic acids is 1. The Morgan fingerprint density at radius 2 is 1.94 bits per heavy atom. The molecule has 0 amide bonds. The third-order valence-electron chi connectivity index (χ3n) is 3.05. The van der Waals surface area contributed by atoms with Crippen LogP contribution < -0.4 is 0 Å². The molecule has 2 nitrogen and oxygen atoms in total. The van der Waals surface area contributed by atoms with Crippen molar-refractivity contribution in [2.75, 3.05) is 0 Å². The van der Waals surface area contributed by atoms with Gasteiger partial charge in [-0.3, -0.25) is 4.79 Å². The molecule has 0 aliphatic carbocycles. The first-order valence-corrected chi connectivity index (χ1v) is 5.35. The van der Waals surface area contributed by atoms with Crippen molar-refractivity contribution < 1.29 is 14.3 Å². The van der Waals surface area contributed by atoms with E-state index in [9.17, 15) is 14.3 Å². The standard InChI is InChI=1S/C14H13FO2/c1-14(2,13(16)17)12-5-3-4-9-8-10(15)6-7-11(9)12/h3-8H,1-2H3,(H,16,17). The minimum atomic E-state index is -0.989. The molecule has 0 heterocycles. The van der Waals surface area contributed by atoms with Crippen LogP contribution in [0.25, 0.3) is 10.8 Å². The summed E-state index contributed by atoms with van der Waals surface area (Å²) >= 11 is 0. The molecule has 0 aliphatic rings. The first-order valence-electron chi connectivity index (χ1n) is 5.35. The number of carboxylic acid groups (broad SMARTS) is 1. The summed E-state index contributed by atoms with van der Waals surface area (Å²) < 4.78 is 13.1. The zero-order valence-corrected chi connectivity index (χ0v) is 9.70. The molecule has 0 atom stereocenters. The number of hydrogen-bond donors (Lipinski definition) is 1. The first-order chi connectivity index (χ1) is 7.93. The third kappa shape index (κ3) is 1.88. The highest BCUT2D eigenvalue weighted by atomic mass is 19.1. The van der Waals surface area contributed by atoms with Crippen LogP contribution in [0.3, 0.4) is 0 Å². The van der Waals surface area contributed by atoms with Crippen molar-refractivity contribution in [3.05, 3.63) is 47.8 Å². The Bertz CT molecular complexity index is 588. The number of aliphatic carboxylic acids is 1. The predicted molar refractivity (Wildman–Crippen MR) is 64.6 cm³/mol. The van der Waals surface area contributed by atoms with Crippen LogP contribution in [0.4, 0.5) is 4.39 Å². The monoisotopic (exact) mass is 232 g/mol. The molecule has 0 aromatic heterocycles. The maximum absolute atomic E-state index is 13.1. The van der Waals surface area contributed by atoms with Crippen molar-refractivity contribution in [2.24, 2.45) is 0 Å². The van der Waals surface area contributed by atoms with E-state index in [1.807, 2.05) is 0 Å². The highest BCUT2D eigenvalue weighted by molar-refractivity contribution is 5.92. The molecule has 0 fully saturated rings. The zero-order chi connectivity index (χ0) is 12.6. The molecule has 2 aromatic carbocycles. The second kappa shape index (κ2) is 3.84. The summed E-state index contributed by atoms with van der Waals surface area (Å²) in [6.45, 7) is 3.29. The molecule has 0 saturated carbocycles. The third-order valence-corrected chi connectivity index (χ3v) is 3.05. The summed E-state index contributed by atoms with van der Waals surface area (Å²) in [5, 5.41) is 10.7. The van der Waals surface area contributed by atoms with Gasteiger partial charge in [-0.2, -0.15) is 0 Å². The van der Waals surface area contributed by atoms with Crippen LogP contribution in [0.5, 0.6) is 0 Å². The second-order valence-electron chi connectivity index (χ2n) is 4.60. The molecule has 2 aromatic rings. The van der Waals surface area contributed by atoms with Gasteiger partial charge in [-0.25, -0.2) is 4.39 Å². The highest BCUT2D eigenvalue weighted by Gasteiger charge is 2.30. The number of hydrogen-bond acceptors (Lipinski definition) is 1. The molecular weight excluding hydrogens is 219 g/mol. The van der Waals surface area contributed by atoms with E-state index in [2.05, 4.69) is 0 Å². The van der Waals surface area contributed by atoms with Crippen molar-refractivity contribution in [3.8, 4) is 0 Å². The van der Waals surface area contributed by atoms with Gasteiger partial charge in [-0.15, -0.1) is 0 Å². The first kappa shape index (κ1) is 11.6. The minimum Gasteiger partial charge on any atom is -0.481 e. The molecule has 0 bridgehead atoms. The van der Waals surface area contributed by atoms with Crippen molar-refractivity contribution >= 4 is 16.7 Å². The molecule has 0 radical (unpaired) electrons. The van der Waals surface area contributed by atoms with Gasteiger partial charge in [0, 0.05) is 0 Å². The van der Waals surface area contributed by atoms with Gasteiger partial charge in [-0.05, 0) is 42.3 Å². The number of fused-ring (bicyclic) bond motifs is 1. The average Bonchev–Trinajstić information content (AvgIpc) is 2.27. The largest absolute Gasteiger partial charge is 0.481 e. The van der Waals surface area contributed by atoms with Crippen LogP contribution in [0.1, 0.15) is 19.4 Å². The fourth-order valence-corrected chi connectivity index (χ4v) is 1.91. The molecule has 0 saturated heterocycles. The summed E-state index contributed by atoms with van der Waals surface area (Å²) in [5.41, 5.74) is -0.292. The maximum atomic E-state index is 13.1. The minimum absolute atomic E-state index is 0.317. The lowest BCUT2D eigenvalue weighted by atomic mass is 9.82. The van der Waals surface area contributed by atoms with Crippen LogP contribution in [0.2, 0.25) is 0 Å². The van der Waals surface area contributed by atoms with E-state index in [4.69, 9.17) is 0 Å². The Kier molecular flexibility index (Phi) is 2.62. The van der Waals surface area contributed by atoms with E-state index < -0.39 is 11.4 Å². The van der Waals surface area contributed by atoms with Gasteiger partial charge in [0.25, 0.3) is 0 Å². The Hall–Kier alpha value is -1.90. The molecular formula is C14H13FO2. The van der Waals surface area contributed by atoms with Crippen LogP contribution in [0.15, 0.2) is 36.4 Å².